The molecule has 0 unspecified atom stereocenters. The first-order valence-electron chi connectivity index (χ1n) is 9.54. The summed E-state index contributed by atoms with van der Waals surface area (Å²) in [7, 11) is 0. The Morgan fingerprint density at radius 2 is 1.46 bits per heavy atom. The van der Waals surface area contributed by atoms with E-state index in [4.69, 9.17) is 0 Å². The molecule has 3 rings (SSSR count). The van der Waals surface area contributed by atoms with Crippen molar-refractivity contribution in [3.63, 3.8) is 0 Å². The third kappa shape index (κ3) is 4.38. The van der Waals surface area contributed by atoms with Gasteiger partial charge in [-0.05, 0) is 80.9 Å². The van der Waals surface area contributed by atoms with Gasteiger partial charge >= 0.3 is 0 Å². The molecule has 1 aliphatic carbocycles. The van der Waals surface area contributed by atoms with E-state index in [9.17, 15) is 0 Å². The van der Waals surface area contributed by atoms with Gasteiger partial charge in [0.15, 0.2) is 0 Å². The number of hydrogen-bond acceptors (Lipinski definition) is 0. The normalized spacial score (nSPS) is 21.2. The van der Waals surface area contributed by atoms with Crippen molar-refractivity contribution in [2.24, 2.45) is 5.92 Å². The lowest BCUT2D eigenvalue weighted by Gasteiger charge is -2.28. The van der Waals surface area contributed by atoms with E-state index in [1.54, 1.807) is 0 Å². The number of rotatable bonds is 5. The van der Waals surface area contributed by atoms with Gasteiger partial charge in [-0.3, -0.25) is 0 Å². The van der Waals surface area contributed by atoms with Gasteiger partial charge in [0.2, 0.25) is 0 Å². The van der Waals surface area contributed by atoms with E-state index >= 15 is 0 Å². The molecular formula is C24H32. The minimum atomic E-state index is 0. The Hall–Kier alpha value is -1.82. The van der Waals surface area contributed by atoms with E-state index < -0.39 is 0 Å². The fraction of sp³-hybridized carbons (Fsp3) is 0.417. The molecule has 0 spiro atoms. The second-order valence-electron chi connectivity index (χ2n) is 7.35. The van der Waals surface area contributed by atoms with Crippen molar-refractivity contribution in [2.45, 2.75) is 58.3 Å². The van der Waals surface area contributed by atoms with E-state index in [-0.39, 0.29) is 1.43 Å². The van der Waals surface area contributed by atoms with Gasteiger partial charge in [0.05, 0.1) is 0 Å². The molecule has 0 heteroatoms. The molecular weight excluding hydrogens is 288 g/mol. The Balaban J connectivity index is 0.00000225. The highest BCUT2D eigenvalue weighted by molar-refractivity contribution is 5.64. The van der Waals surface area contributed by atoms with Crippen LogP contribution in [0.2, 0.25) is 0 Å². The predicted molar refractivity (Wildman–Crippen MR) is 107 cm³/mol. The highest BCUT2D eigenvalue weighted by atomic mass is 14.3. The molecule has 0 amide bonds. The molecule has 0 radical (unpaired) electrons. The minimum Gasteiger partial charge on any atom is -0.0917 e. The summed E-state index contributed by atoms with van der Waals surface area (Å²) < 4.78 is 0. The zero-order chi connectivity index (χ0) is 16.8. The molecule has 0 heterocycles. The SMILES string of the molecule is C/C=C/CCC1CCC(c2ccc(-c3ccc(C)cc3)cc2)CC1.[HH]. The third-order valence-corrected chi connectivity index (χ3v) is 5.59. The van der Waals surface area contributed by atoms with Crippen molar-refractivity contribution >= 4 is 0 Å². The molecule has 0 aliphatic heterocycles. The average Bonchev–Trinajstić information content (AvgIpc) is 2.63. The average molecular weight is 321 g/mol. The summed E-state index contributed by atoms with van der Waals surface area (Å²) in [6.45, 7) is 4.26. The van der Waals surface area contributed by atoms with Crippen molar-refractivity contribution in [1.82, 2.24) is 0 Å². The summed E-state index contributed by atoms with van der Waals surface area (Å²) in [5, 5.41) is 0. The highest BCUT2D eigenvalue weighted by Crippen LogP contribution is 2.38. The lowest BCUT2D eigenvalue weighted by Crippen LogP contribution is -2.13. The Labute approximate surface area is 149 Å². The van der Waals surface area contributed by atoms with Crippen LogP contribution in [-0.2, 0) is 0 Å². The van der Waals surface area contributed by atoms with Gasteiger partial charge in [0, 0.05) is 1.43 Å². The van der Waals surface area contributed by atoms with E-state index in [2.05, 4.69) is 74.5 Å². The van der Waals surface area contributed by atoms with Crippen molar-refractivity contribution in [1.29, 1.82) is 0 Å². The molecule has 128 valence electrons. The topological polar surface area (TPSA) is 0 Å². The highest BCUT2D eigenvalue weighted by Gasteiger charge is 2.21. The second kappa shape index (κ2) is 8.33. The Bertz CT molecular complexity index is 643. The molecule has 1 fully saturated rings. The van der Waals surface area contributed by atoms with Crippen molar-refractivity contribution < 1.29 is 1.43 Å². The first kappa shape index (κ1) is 17.0. The van der Waals surface area contributed by atoms with E-state index in [0.717, 1.165) is 11.8 Å². The zero-order valence-corrected chi connectivity index (χ0v) is 15.2. The lowest BCUT2D eigenvalue weighted by molar-refractivity contribution is 0.312. The Kier molecular flexibility index (Phi) is 5.91. The molecule has 2 aromatic rings. The van der Waals surface area contributed by atoms with Gasteiger partial charge in [-0.2, -0.15) is 0 Å². The fourth-order valence-corrected chi connectivity index (χ4v) is 3.98. The van der Waals surface area contributed by atoms with Gasteiger partial charge in [0.1, 0.15) is 0 Å². The molecule has 1 aliphatic rings. The first-order chi connectivity index (χ1) is 11.8. The third-order valence-electron chi connectivity index (χ3n) is 5.59. The van der Waals surface area contributed by atoms with Crippen molar-refractivity contribution in [2.75, 3.05) is 0 Å². The minimum absolute atomic E-state index is 0. The molecule has 24 heavy (non-hydrogen) atoms. The van der Waals surface area contributed by atoms with Crippen LogP contribution < -0.4 is 0 Å². The fourth-order valence-electron chi connectivity index (χ4n) is 3.98. The van der Waals surface area contributed by atoms with Crippen LogP contribution in [0, 0.1) is 12.8 Å². The quantitative estimate of drug-likeness (QED) is 0.499. The smallest absolute Gasteiger partial charge is 0 e. The zero-order valence-electron chi connectivity index (χ0n) is 15.2. The lowest BCUT2D eigenvalue weighted by atomic mass is 9.77. The number of aryl methyl sites for hydroxylation is 1. The molecule has 0 saturated heterocycles. The summed E-state index contributed by atoms with van der Waals surface area (Å²) in [5.74, 6) is 1.72. The van der Waals surface area contributed by atoms with E-state index in [1.807, 2.05) is 0 Å². The Morgan fingerprint density at radius 3 is 2.04 bits per heavy atom. The van der Waals surface area contributed by atoms with Crippen LogP contribution in [0.15, 0.2) is 60.7 Å². The Morgan fingerprint density at radius 1 is 0.875 bits per heavy atom. The summed E-state index contributed by atoms with van der Waals surface area (Å²) in [5.41, 5.74) is 5.51. The van der Waals surface area contributed by atoms with Crippen LogP contribution in [0.25, 0.3) is 11.1 Å². The van der Waals surface area contributed by atoms with Gasteiger partial charge in [-0.25, -0.2) is 0 Å². The van der Waals surface area contributed by atoms with Crippen LogP contribution in [0.4, 0.5) is 0 Å². The van der Waals surface area contributed by atoms with Gasteiger partial charge in [-0.15, -0.1) is 0 Å². The molecule has 1 saturated carbocycles. The molecule has 0 bridgehead atoms. The summed E-state index contributed by atoms with van der Waals surface area (Å²) in [4.78, 5) is 0. The summed E-state index contributed by atoms with van der Waals surface area (Å²) in [6.07, 6.45) is 12.7. The molecule has 0 N–H and O–H groups in total. The largest absolute Gasteiger partial charge is 0.0917 e. The first-order valence-corrected chi connectivity index (χ1v) is 9.54. The van der Waals surface area contributed by atoms with Gasteiger partial charge in [-0.1, -0.05) is 66.2 Å². The maximum Gasteiger partial charge on any atom is 0 e. The predicted octanol–water partition coefficient (Wildman–Crippen LogP) is 7.54. The standard InChI is InChI=1S/C24H30.H2/c1-3-4-5-6-20-9-13-22(14-10-20)24-17-15-23(16-18-24)21-11-7-19(2)8-12-21;/h3-4,7-8,11-12,15-18,20,22H,5-6,9-10,13-14H2,1-2H3;1H/b4-3+;. The monoisotopic (exact) mass is 320 g/mol. The van der Waals surface area contributed by atoms with E-state index in [0.29, 0.717) is 0 Å². The van der Waals surface area contributed by atoms with Crippen LogP contribution in [0.5, 0.6) is 0 Å². The van der Waals surface area contributed by atoms with Gasteiger partial charge < -0.3 is 0 Å². The van der Waals surface area contributed by atoms with Crippen LogP contribution in [0.3, 0.4) is 0 Å². The summed E-state index contributed by atoms with van der Waals surface area (Å²) in [6, 6.07) is 18.2. The van der Waals surface area contributed by atoms with Crippen LogP contribution in [-0.4, -0.2) is 0 Å². The van der Waals surface area contributed by atoms with Crippen LogP contribution in [0.1, 0.15) is 63.9 Å². The molecule has 0 nitrogen and oxygen atoms in total. The van der Waals surface area contributed by atoms with Gasteiger partial charge in [0.25, 0.3) is 0 Å². The molecule has 2 aromatic carbocycles. The molecule has 0 atom stereocenters. The van der Waals surface area contributed by atoms with Crippen molar-refractivity contribution in [3.8, 4) is 11.1 Å². The number of allylic oxidation sites excluding steroid dienone is 2. The second-order valence-corrected chi connectivity index (χ2v) is 7.35. The maximum atomic E-state index is 2.36. The number of hydrogen-bond donors (Lipinski definition) is 0. The van der Waals surface area contributed by atoms with Crippen LogP contribution >= 0.6 is 0 Å². The van der Waals surface area contributed by atoms with E-state index in [1.165, 1.54) is 60.8 Å². The van der Waals surface area contributed by atoms with Crippen molar-refractivity contribution in [3.05, 3.63) is 71.8 Å². The molecule has 0 aromatic heterocycles. The maximum absolute atomic E-state index is 2.36. The number of benzene rings is 2. The summed E-state index contributed by atoms with van der Waals surface area (Å²) >= 11 is 0.